The van der Waals surface area contributed by atoms with E-state index < -0.39 is 5.97 Å². The zero-order valence-corrected chi connectivity index (χ0v) is 11.1. The number of aromatic nitrogens is 1. The van der Waals surface area contributed by atoms with E-state index in [-0.39, 0.29) is 5.69 Å². The summed E-state index contributed by atoms with van der Waals surface area (Å²) in [4.78, 5) is 15.2. The Morgan fingerprint density at radius 2 is 2.05 bits per heavy atom. The molecule has 1 heterocycles. The first kappa shape index (κ1) is 13.4. The van der Waals surface area contributed by atoms with Gasteiger partial charge in [0, 0.05) is 11.8 Å². The number of carbonyl (C=O) groups is 1. The van der Waals surface area contributed by atoms with E-state index in [2.05, 4.69) is 9.72 Å². The molecule has 2 rings (SSSR count). The lowest BCUT2D eigenvalue weighted by Gasteiger charge is -2.07. The summed E-state index contributed by atoms with van der Waals surface area (Å²) in [6.07, 6.45) is 1.57. The minimum absolute atomic E-state index is 0.268. The maximum atomic E-state index is 11.2. The minimum atomic E-state index is -0.460. The van der Waals surface area contributed by atoms with Crippen molar-refractivity contribution in [2.75, 3.05) is 7.11 Å². The van der Waals surface area contributed by atoms with E-state index in [0.717, 1.165) is 5.56 Å². The maximum Gasteiger partial charge on any atom is 0.356 e. The van der Waals surface area contributed by atoms with Crippen LogP contribution >= 0.6 is 11.6 Å². The number of esters is 1. The summed E-state index contributed by atoms with van der Waals surface area (Å²) in [6.45, 7) is 0.332. The lowest BCUT2D eigenvalue weighted by atomic mass is 10.2. The van der Waals surface area contributed by atoms with Crippen LogP contribution in [0.25, 0.3) is 0 Å². The summed E-state index contributed by atoms with van der Waals surface area (Å²) in [5.74, 6) is 0.153. The molecule has 0 saturated heterocycles. The van der Waals surface area contributed by atoms with Crippen molar-refractivity contribution in [3.05, 3.63) is 58.9 Å². The van der Waals surface area contributed by atoms with Crippen LogP contribution in [-0.2, 0) is 11.3 Å². The molecule has 0 radical (unpaired) electrons. The minimum Gasteiger partial charge on any atom is -0.487 e. The van der Waals surface area contributed by atoms with Gasteiger partial charge in [0.15, 0.2) is 0 Å². The van der Waals surface area contributed by atoms with E-state index in [9.17, 15) is 4.79 Å². The van der Waals surface area contributed by atoms with Crippen LogP contribution in [0.1, 0.15) is 16.1 Å². The van der Waals surface area contributed by atoms with Crippen LogP contribution < -0.4 is 4.74 Å². The van der Waals surface area contributed by atoms with Crippen molar-refractivity contribution < 1.29 is 14.3 Å². The van der Waals surface area contributed by atoms with Gasteiger partial charge < -0.3 is 9.47 Å². The van der Waals surface area contributed by atoms with Gasteiger partial charge in [0.25, 0.3) is 0 Å². The molecule has 4 nitrogen and oxygen atoms in total. The van der Waals surface area contributed by atoms with Gasteiger partial charge >= 0.3 is 5.97 Å². The predicted molar refractivity (Wildman–Crippen MR) is 71.4 cm³/mol. The van der Waals surface area contributed by atoms with E-state index in [0.29, 0.717) is 17.4 Å². The smallest absolute Gasteiger partial charge is 0.356 e. The Kier molecular flexibility index (Phi) is 4.36. The van der Waals surface area contributed by atoms with Crippen LogP contribution in [0.2, 0.25) is 5.02 Å². The molecule has 0 aliphatic heterocycles. The van der Waals surface area contributed by atoms with Crippen molar-refractivity contribution in [1.29, 1.82) is 0 Å². The fourth-order valence-electron chi connectivity index (χ4n) is 1.46. The third kappa shape index (κ3) is 3.45. The standard InChI is InChI=1S/C14H12ClNO3/c1-18-14(17)12-7-6-10(8-16-12)9-19-13-5-3-2-4-11(13)15/h2-8H,9H2,1H3. The molecule has 0 spiro atoms. The largest absolute Gasteiger partial charge is 0.487 e. The quantitative estimate of drug-likeness (QED) is 0.806. The third-order valence-corrected chi connectivity index (χ3v) is 2.76. The number of methoxy groups -OCH3 is 1. The lowest BCUT2D eigenvalue weighted by molar-refractivity contribution is 0.0594. The molecule has 98 valence electrons. The number of para-hydroxylation sites is 1. The summed E-state index contributed by atoms with van der Waals surface area (Å²) in [7, 11) is 1.32. The number of pyridine rings is 1. The van der Waals surface area contributed by atoms with Gasteiger partial charge in [-0.1, -0.05) is 29.8 Å². The van der Waals surface area contributed by atoms with Crippen LogP contribution in [0.15, 0.2) is 42.6 Å². The SMILES string of the molecule is COC(=O)c1ccc(COc2ccccc2Cl)cn1. The molecule has 1 aromatic heterocycles. The molecule has 0 saturated carbocycles. The molecule has 0 amide bonds. The van der Waals surface area contributed by atoms with Crippen molar-refractivity contribution in [3.63, 3.8) is 0 Å². The number of hydrogen-bond donors (Lipinski definition) is 0. The first-order chi connectivity index (χ1) is 9.20. The van der Waals surface area contributed by atoms with Crippen molar-refractivity contribution in [3.8, 4) is 5.75 Å². The van der Waals surface area contributed by atoms with E-state index in [4.69, 9.17) is 16.3 Å². The van der Waals surface area contributed by atoms with E-state index in [1.165, 1.54) is 7.11 Å². The first-order valence-corrected chi connectivity index (χ1v) is 5.99. The highest BCUT2D eigenvalue weighted by Crippen LogP contribution is 2.23. The zero-order valence-electron chi connectivity index (χ0n) is 10.3. The van der Waals surface area contributed by atoms with Gasteiger partial charge in [0.2, 0.25) is 0 Å². The van der Waals surface area contributed by atoms with Crippen LogP contribution in [0.5, 0.6) is 5.75 Å². The second-order valence-corrected chi connectivity index (χ2v) is 4.17. The van der Waals surface area contributed by atoms with Crippen molar-refractivity contribution in [2.24, 2.45) is 0 Å². The average molecular weight is 278 g/mol. The normalized spacial score (nSPS) is 10.0. The van der Waals surface area contributed by atoms with Crippen LogP contribution in [0, 0.1) is 0 Å². The van der Waals surface area contributed by atoms with Gasteiger partial charge in [-0.3, -0.25) is 0 Å². The summed E-state index contributed by atoms with van der Waals surface area (Å²) in [5.41, 5.74) is 1.11. The first-order valence-electron chi connectivity index (χ1n) is 5.61. The number of halogens is 1. The number of rotatable bonds is 4. The summed E-state index contributed by atoms with van der Waals surface area (Å²) < 4.78 is 10.1. The highest BCUT2D eigenvalue weighted by molar-refractivity contribution is 6.32. The topological polar surface area (TPSA) is 48.4 Å². The second-order valence-electron chi connectivity index (χ2n) is 3.76. The molecule has 1 aromatic carbocycles. The van der Waals surface area contributed by atoms with Gasteiger partial charge in [-0.15, -0.1) is 0 Å². The Bertz CT molecular complexity index is 569. The van der Waals surface area contributed by atoms with Crippen LogP contribution in [0.4, 0.5) is 0 Å². The Morgan fingerprint density at radius 1 is 1.26 bits per heavy atom. The highest BCUT2D eigenvalue weighted by atomic mass is 35.5. The fraction of sp³-hybridized carbons (Fsp3) is 0.143. The van der Waals surface area contributed by atoms with Gasteiger partial charge in [0.1, 0.15) is 18.1 Å². The molecule has 0 aliphatic carbocycles. The third-order valence-electron chi connectivity index (χ3n) is 2.45. The number of ether oxygens (including phenoxy) is 2. The molecule has 0 N–H and O–H groups in total. The molecule has 0 fully saturated rings. The zero-order chi connectivity index (χ0) is 13.7. The molecule has 5 heteroatoms. The Hall–Kier alpha value is -2.07. The Morgan fingerprint density at radius 3 is 2.68 bits per heavy atom. The van der Waals surface area contributed by atoms with Crippen molar-refractivity contribution >= 4 is 17.6 Å². The molecule has 0 aliphatic rings. The van der Waals surface area contributed by atoms with Gasteiger partial charge in [0.05, 0.1) is 12.1 Å². The lowest BCUT2D eigenvalue weighted by Crippen LogP contribution is -2.05. The van der Waals surface area contributed by atoms with E-state index >= 15 is 0 Å². The van der Waals surface area contributed by atoms with Crippen LogP contribution in [-0.4, -0.2) is 18.1 Å². The second kappa shape index (κ2) is 6.20. The summed E-state index contributed by atoms with van der Waals surface area (Å²) in [6, 6.07) is 10.6. The van der Waals surface area contributed by atoms with Crippen LogP contribution in [0.3, 0.4) is 0 Å². The summed E-state index contributed by atoms with van der Waals surface area (Å²) in [5, 5.41) is 0.557. The van der Waals surface area contributed by atoms with E-state index in [1.807, 2.05) is 12.1 Å². The van der Waals surface area contributed by atoms with Gasteiger partial charge in [-0.25, -0.2) is 9.78 Å². The molecule has 0 unspecified atom stereocenters. The Balaban J connectivity index is 2.01. The molecule has 2 aromatic rings. The average Bonchev–Trinajstić information content (AvgIpc) is 2.46. The molecular weight excluding hydrogens is 266 g/mol. The highest BCUT2D eigenvalue weighted by Gasteiger charge is 2.06. The number of hydrogen-bond acceptors (Lipinski definition) is 4. The van der Waals surface area contributed by atoms with Crippen molar-refractivity contribution in [2.45, 2.75) is 6.61 Å². The molecule has 0 atom stereocenters. The van der Waals surface area contributed by atoms with Gasteiger partial charge in [-0.2, -0.15) is 0 Å². The number of carbonyl (C=O) groups excluding carboxylic acids is 1. The molecule has 0 bridgehead atoms. The van der Waals surface area contributed by atoms with Crippen molar-refractivity contribution in [1.82, 2.24) is 4.98 Å². The Labute approximate surface area is 115 Å². The maximum absolute atomic E-state index is 11.2. The summed E-state index contributed by atoms with van der Waals surface area (Å²) >= 11 is 5.97. The number of nitrogens with zero attached hydrogens (tertiary/aromatic N) is 1. The molecule has 19 heavy (non-hydrogen) atoms. The van der Waals surface area contributed by atoms with Gasteiger partial charge in [-0.05, 0) is 18.2 Å². The van der Waals surface area contributed by atoms with E-state index in [1.54, 1.807) is 30.5 Å². The molecular formula is C14H12ClNO3. The fourth-order valence-corrected chi connectivity index (χ4v) is 1.65. The monoisotopic (exact) mass is 277 g/mol. The predicted octanol–water partition coefficient (Wildman–Crippen LogP) is 3.10. The number of benzene rings is 1.